The zero-order valence-electron chi connectivity index (χ0n) is 13.0. The van der Waals surface area contributed by atoms with Gasteiger partial charge in [-0.3, -0.25) is 0 Å². The molecule has 1 fully saturated rings. The quantitative estimate of drug-likeness (QED) is 0.622. The summed E-state index contributed by atoms with van der Waals surface area (Å²) in [4.78, 5) is 0. The first-order chi connectivity index (χ1) is 10.7. The van der Waals surface area contributed by atoms with Crippen molar-refractivity contribution in [3.63, 3.8) is 0 Å². The lowest BCUT2D eigenvalue weighted by Gasteiger charge is -2.28. The highest BCUT2D eigenvalue weighted by Gasteiger charge is 2.21. The van der Waals surface area contributed by atoms with Crippen LogP contribution >= 0.6 is 0 Å². The predicted octanol–water partition coefficient (Wildman–Crippen LogP) is 6.32. The second kappa shape index (κ2) is 6.60. The molecule has 2 heteroatoms. The van der Waals surface area contributed by atoms with Crippen molar-refractivity contribution in [1.29, 1.82) is 0 Å². The third kappa shape index (κ3) is 3.37. The highest BCUT2D eigenvalue weighted by atomic mass is 19.1. The summed E-state index contributed by atoms with van der Waals surface area (Å²) in [5.41, 5.74) is 2.82. The van der Waals surface area contributed by atoms with Crippen LogP contribution in [-0.2, 0) is 0 Å². The van der Waals surface area contributed by atoms with Crippen molar-refractivity contribution < 1.29 is 8.78 Å². The van der Waals surface area contributed by atoms with Gasteiger partial charge in [-0.1, -0.05) is 37.6 Å². The maximum atomic E-state index is 13.3. The fourth-order valence-electron chi connectivity index (χ4n) is 3.57. The van der Waals surface area contributed by atoms with Gasteiger partial charge in [-0.05, 0) is 66.3 Å². The standard InChI is InChI=1S/C20H22F2/c1-2-14-3-5-15(6-4-14)16-7-9-17(10-8-16)18-11-19(21)13-20(22)12-18/h7-15H,2-6H2,1H3. The molecule has 0 nitrogen and oxygen atoms in total. The van der Waals surface area contributed by atoms with Gasteiger partial charge in [0.15, 0.2) is 0 Å². The van der Waals surface area contributed by atoms with Crippen LogP contribution in [0.5, 0.6) is 0 Å². The van der Waals surface area contributed by atoms with E-state index in [-0.39, 0.29) is 0 Å². The monoisotopic (exact) mass is 300 g/mol. The lowest BCUT2D eigenvalue weighted by molar-refractivity contribution is 0.319. The molecular formula is C20H22F2. The first-order valence-electron chi connectivity index (χ1n) is 8.22. The Kier molecular flexibility index (Phi) is 4.56. The Labute approximate surface area is 131 Å². The molecule has 0 unspecified atom stereocenters. The molecule has 1 aliphatic carbocycles. The molecule has 0 N–H and O–H groups in total. The summed E-state index contributed by atoms with van der Waals surface area (Å²) in [6.45, 7) is 2.28. The Morgan fingerprint density at radius 2 is 1.41 bits per heavy atom. The van der Waals surface area contributed by atoms with Crippen LogP contribution in [0.1, 0.15) is 50.5 Å². The third-order valence-corrected chi connectivity index (χ3v) is 5.00. The molecule has 1 saturated carbocycles. The Balaban J connectivity index is 1.75. The fourth-order valence-corrected chi connectivity index (χ4v) is 3.57. The second-order valence-electron chi connectivity index (χ2n) is 6.41. The fraction of sp³-hybridized carbons (Fsp3) is 0.400. The molecule has 3 rings (SSSR count). The molecule has 0 saturated heterocycles. The van der Waals surface area contributed by atoms with Crippen molar-refractivity contribution in [2.45, 2.75) is 44.9 Å². The van der Waals surface area contributed by atoms with Gasteiger partial charge >= 0.3 is 0 Å². The summed E-state index contributed by atoms with van der Waals surface area (Å²) < 4.78 is 26.6. The molecule has 0 amide bonds. The number of hydrogen-bond acceptors (Lipinski definition) is 0. The summed E-state index contributed by atoms with van der Waals surface area (Å²) in [5.74, 6) is 0.473. The maximum Gasteiger partial charge on any atom is 0.126 e. The Bertz CT molecular complexity index is 602. The van der Waals surface area contributed by atoms with E-state index in [1.165, 1.54) is 49.8 Å². The van der Waals surface area contributed by atoms with Crippen molar-refractivity contribution in [2.75, 3.05) is 0 Å². The van der Waals surface area contributed by atoms with Crippen molar-refractivity contribution in [1.82, 2.24) is 0 Å². The van der Waals surface area contributed by atoms with Crippen LogP contribution in [0.15, 0.2) is 42.5 Å². The van der Waals surface area contributed by atoms with E-state index in [0.717, 1.165) is 17.5 Å². The van der Waals surface area contributed by atoms with Crippen LogP contribution in [0.4, 0.5) is 8.78 Å². The normalized spacial score (nSPS) is 21.8. The molecular weight excluding hydrogens is 278 g/mol. The summed E-state index contributed by atoms with van der Waals surface area (Å²) in [6, 6.07) is 11.9. The van der Waals surface area contributed by atoms with E-state index in [4.69, 9.17) is 0 Å². The van der Waals surface area contributed by atoms with Gasteiger partial charge in [0.05, 0.1) is 0 Å². The lowest BCUT2D eigenvalue weighted by atomic mass is 9.77. The first kappa shape index (κ1) is 15.2. The van der Waals surface area contributed by atoms with Gasteiger partial charge in [0.1, 0.15) is 11.6 Å². The summed E-state index contributed by atoms with van der Waals surface area (Å²) >= 11 is 0. The van der Waals surface area contributed by atoms with E-state index in [1.54, 1.807) is 0 Å². The minimum Gasteiger partial charge on any atom is -0.207 e. The van der Waals surface area contributed by atoms with Crippen LogP contribution in [0, 0.1) is 17.6 Å². The average Bonchev–Trinajstić information content (AvgIpc) is 2.54. The minimum atomic E-state index is -0.531. The highest BCUT2D eigenvalue weighted by Crippen LogP contribution is 2.37. The number of benzene rings is 2. The van der Waals surface area contributed by atoms with Crippen molar-refractivity contribution in [3.8, 4) is 11.1 Å². The van der Waals surface area contributed by atoms with Crippen LogP contribution in [0.2, 0.25) is 0 Å². The van der Waals surface area contributed by atoms with Crippen molar-refractivity contribution in [2.24, 2.45) is 5.92 Å². The van der Waals surface area contributed by atoms with E-state index in [9.17, 15) is 8.78 Å². The van der Waals surface area contributed by atoms with Gasteiger partial charge in [0, 0.05) is 6.07 Å². The van der Waals surface area contributed by atoms with Gasteiger partial charge in [-0.2, -0.15) is 0 Å². The Hall–Kier alpha value is -1.70. The molecule has 2 aromatic rings. The van der Waals surface area contributed by atoms with Gasteiger partial charge in [-0.15, -0.1) is 0 Å². The third-order valence-electron chi connectivity index (χ3n) is 5.00. The van der Waals surface area contributed by atoms with Crippen LogP contribution in [0.3, 0.4) is 0 Å². The molecule has 0 radical (unpaired) electrons. The Morgan fingerprint density at radius 3 is 1.95 bits per heavy atom. The number of hydrogen-bond donors (Lipinski definition) is 0. The van der Waals surface area contributed by atoms with Gasteiger partial charge in [-0.25, -0.2) is 8.78 Å². The van der Waals surface area contributed by atoms with E-state index in [1.807, 2.05) is 12.1 Å². The Morgan fingerprint density at radius 1 is 0.818 bits per heavy atom. The van der Waals surface area contributed by atoms with Gasteiger partial charge < -0.3 is 0 Å². The van der Waals surface area contributed by atoms with E-state index in [0.29, 0.717) is 11.5 Å². The average molecular weight is 300 g/mol. The molecule has 0 aromatic heterocycles. The molecule has 0 heterocycles. The smallest absolute Gasteiger partial charge is 0.126 e. The maximum absolute atomic E-state index is 13.3. The van der Waals surface area contributed by atoms with Gasteiger partial charge in [0.25, 0.3) is 0 Å². The summed E-state index contributed by atoms with van der Waals surface area (Å²) in [7, 11) is 0. The number of halogens is 2. The summed E-state index contributed by atoms with van der Waals surface area (Å²) in [6.07, 6.45) is 6.44. The van der Waals surface area contributed by atoms with Crippen LogP contribution in [-0.4, -0.2) is 0 Å². The SMILES string of the molecule is CCC1CCC(c2ccc(-c3cc(F)cc(F)c3)cc2)CC1. The van der Waals surface area contributed by atoms with Crippen molar-refractivity contribution >= 4 is 0 Å². The molecule has 116 valence electrons. The minimum absolute atomic E-state index is 0.531. The van der Waals surface area contributed by atoms with Crippen LogP contribution < -0.4 is 0 Å². The second-order valence-corrected chi connectivity index (χ2v) is 6.41. The first-order valence-corrected chi connectivity index (χ1v) is 8.22. The van der Waals surface area contributed by atoms with E-state index >= 15 is 0 Å². The molecule has 1 aliphatic rings. The molecule has 22 heavy (non-hydrogen) atoms. The predicted molar refractivity (Wildman–Crippen MR) is 86.8 cm³/mol. The molecule has 2 aromatic carbocycles. The van der Waals surface area contributed by atoms with Gasteiger partial charge in [0.2, 0.25) is 0 Å². The molecule has 0 spiro atoms. The van der Waals surface area contributed by atoms with E-state index in [2.05, 4.69) is 19.1 Å². The number of rotatable bonds is 3. The highest BCUT2D eigenvalue weighted by molar-refractivity contribution is 5.63. The summed E-state index contributed by atoms with van der Waals surface area (Å²) in [5, 5.41) is 0. The largest absolute Gasteiger partial charge is 0.207 e. The molecule has 0 bridgehead atoms. The topological polar surface area (TPSA) is 0 Å². The van der Waals surface area contributed by atoms with Crippen molar-refractivity contribution in [3.05, 3.63) is 59.7 Å². The molecule has 0 aliphatic heterocycles. The lowest BCUT2D eigenvalue weighted by Crippen LogP contribution is -2.12. The van der Waals surface area contributed by atoms with E-state index < -0.39 is 11.6 Å². The van der Waals surface area contributed by atoms with Crippen LogP contribution in [0.25, 0.3) is 11.1 Å². The molecule has 0 atom stereocenters. The zero-order chi connectivity index (χ0) is 15.5. The zero-order valence-corrected chi connectivity index (χ0v) is 13.0.